The molecule has 0 saturated heterocycles. The number of aliphatic imine (C=N–C) groups is 1. The average molecular weight is 343 g/mol. The van der Waals surface area contributed by atoms with Gasteiger partial charge in [0.25, 0.3) is 0 Å². The molecule has 0 radical (unpaired) electrons. The highest BCUT2D eigenvalue weighted by molar-refractivity contribution is 5.97. The summed E-state index contributed by atoms with van der Waals surface area (Å²) in [6.07, 6.45) is 7.88. The minimum atomic E-state index is -0.604. The van der Waals surface area contributed by atoms with Crippen molar-refractivity contribution in [1.29, 1.82) is 0 Å². The van der Waals surface area contributed by atoms with Gasteiger partial charge in [0.05, 0.1) is 23.8 Å². The Hall–Kier alpha value is -2.28. The Morgan fingerprint density at radius 1 is 1.04 bits per heavy atom. The summed E-state index contributed by atoms with van der Waals surface area (Å²) in [4.78, 5) is 19.2. The van der Waals surface area contributed by atoms with Crippen molar-refractivity contribution in [2.75, 3.05) is 13.1 Å². The topological polar surface area (TPSA) is 54.3 Å². The summed E-state index contributed by atoms with van der Waals surface area (Å²) in [6, 6.07) is 0. The Bertz CT molecular complexity index is 801. The molecule has 2 aliphatic heterocycles. The molecule has 7 heteroatoms. The highest BCUT2D eigenvalue weighted by Gasteiger charge is 2.22. The van der Waals surface area contributed by atoms with E-state index >= 15 is 0 Å². The van der Waals surface area contributed by atoms with E-state index < -0.39 is 11.6 Å². The van der Waals surface area contributed by atoms with Crippen LogP contribution in [0.5, 0.6) is 0 Å². The van der Waals surface area contributed by atoms with Gasteiger partial charge in [0.1, 0.15) is 11.6 Å². The summed E-state index contributed by atoms with van der Waals surface area (Å²) in [7, 11) is 0. The van der Waals surface area contributed by atoms with Crippen LogP contribution in [0.25, 0.3) is 0 Å². The van der Waals surface area contributed by atoms with Crippen LogP contribution in [0.15, 0.2) is 23.6 Å². The Labute approximate surface area is 144 Å². The molecule has 0 bridgehead atoms. The fraction of sp³-hybridized carbons (Fsp3) is 0.444. The monoisotopic (exact) mass is 343 g/mol. The van der Waals surface area contributed by atoms with Crippen LogP contribution in [0.1, 0.15) is 41.9 Å². The Balaban J connectivity index is 1.51. The highest BCUT2D eigenvalue weighted by atomic mass is 19.1. The third kappa shape index (κ3) is 3.42. The number of nitrogens with zero attached hydrogens (tertiary/aromatic N) is 5. The molecule has 0 N–H and O–H groups in total. The van der Waals surface area contributed by atoms with Gasteiger partial charge in [0, 0.05) is 49.9 Å². The lowest BCUT2D eigenvalue weighted by atomic mass is 10.0. The average Bonchev–Trinajstić information content (AvgIpc) is 2.65. The SMILES string of the molecule is Fc1cncc(F)c1CN1CCc2nc(C3=NCCCC3)ncc2C1. The summed E-state index contributed by atoms with van der Waals surface area (Å²) in [6.45, 7) is 2.36. The molecule has 5 nitrogen and oxygen atoms in total. The van der Waals surface area contributed by atoms with Gasteiger partial charge in [-0.2, -0.15) is 0 Å². The second kappa shape index (κ2) is 6.92. The van der Waals surface area contributed by atoms with E-state index in [1.165, 1.54) is 0 Å². The number of hydrogen-bond acceptors (Lipinski definition) is 5. The van der Waals surface area contributed by atoms with Gasteiger partial charge in [0.2, 0.25) is 0 Å². The molecule has 4 heterocycles. The normalized spacial score (nSPS) is 17.9. The molecule has 0 amide bonds. The fourth-order valence-corrected chi connectivity index (χ4v) is 3.34. The quantitative estimate of drug-likeness (QED) is 0.860. The third-order valence-electron chi connectivity index (χ3n) is 4.73. The number of halogens is 2. The van der Waals surface area contributed by atoms with Crippen molar-refractivity contribution in [3.63, 3.8) is 0 Å². The van der Waals surface area contributed by atoms with Crippen LogP contribution in [0.4, 0.5) is 8.78 Å². The van der Waals surface area contributed by atoms with Crippen LogP contribution in [0.2, 0.25) is 0 Å². The number of hydrogen-bond donors (Lipinski definition) is 0. The Morgan fingerprint density at radius 2 is 1.88 bits per heavy atom. The molecule has 4 rings (SSSR count). The summed E-state index contributed by atoms with van der Waals surface area (Å²) < 4.78 is 27.6. The standard InChI is InChI=1S/C18H19F2N5/c19-14-8-21-9-15(20)13(14)11-25-6-4-16-12(10-25)7-23-18(24-16)17-3-1-2-5-22-17/h7-9H,1-6,10-11H2. The molecule has 2 aromatic heterocycles. The van der Waals surface area contributed by atoms with Gasteiger partial charge in [-0.05, 0) is 19.3 Å². The van der Waals surface area contributed by atoms with Gasteiger partial charge in [-0.15, -0.1) is 0 Å². The van der Waals surface area contributed by atoms with E-state index in [1.807, 2.05) is 11.1 Å². The first-order chi connectivity index (χ1) is 12.2. The second-order valence-electron chi connectivity index (χ2n) is 6.49. The maximum atomic E-state index is 13.8. The Kier molecular flexibility index (Phi) is 4.48. The molecule has 0 aliphatic carbocycles. The minimum Gasteiger partial charge on any atom is -0.294 e. The maximum absolute atomic E-state index is 13.8. The van der Waals surface area contributed by atoms with Crippen LogP contribution < -0.4 is 0 Å². The van der Waals surface area contributed by atoms with E-state index in [0.29, 0.717) is 13.1 Å². The highest BCUT2D eigenvalue weighted by Crippen LogP contribution is 2.21. The van der Waals surface area contributed by atoms with Gasteiger partial charge in [-0.3, -0.25) is 14.9 Å². The largest absolute Gasteiger partial charge is 0.294 e. The Morgan fingerprint density at radius 3 is 2.64 bits per heavy atom. The zero-order valence-corrected chi connectivity index (χ0v) is 13.9. The van der Waals surface area contributed by atoms with Gasteiger partial charge >= 0.3 is 0 Å². The first kappa shape index (κ1) is 16.2. The van der Waals surface area contributed by atoms with Gasteiger partial charge < -0.3 is 0 Å². The van der Waals surface area contributed by atoms with Crippen molar-refractivity contribution in [2.24, 2.45) is 4.99 Å². The zero-order chi connectivity index (χ0) is 17.2. The smallest absolute Gasteiger partial charge is 0.173 e. The molecule has 0 aromatic carbocycles. The van der Waals surface area contributed by atoms with Crippen LogP contribution in [0.3, 0.4) is 0 Å². The van der Waals surface area contributed by atoms with Crippen molar-refractivity contribution >= 4 is 5.71 Å². The van der Waals surface area contributed by atoms with E-state index in [2.05, 4.69) is 19.9 Å². The van der Waals surface area contributed by atoms with E-state index in [9.17, 15) is 8.78 Å². The molecule has 130 valence electrons. The van der Waals surface area contributed by atoms with Crippen molar-refractivity contribution < 1.29 is 8.78 Å². The number of pyridine rings is 1. The first-order valence-corrected chi connectivity index (χ1v) is 8.59. The van der Waals surface area contributed by atoms with Gasteiger partial charge in [-0.25, -0.2) is 18.7 Å². The van der Waals surface area contributed by atoms with Gasteiger partial charge in [-0.1, -0.05) is 0 Å². The van der Waals surface area contributed by atoms with Crippen molar-refractivity contribution in [3.05, 3.63) is 52.9 Å². The molecule has 2 aromatic rings. The van der Waals surface area contributed by atoms with Crippen molar-refractivity contribution in [2.45, 2.75) is 38.8 Å². The van der Waals surface area contributed by atoms with Crippen LogP contribution >= 0.6 is 0 Å². The van der Waals surface area contributed by atoms with Gasteiger partial charge in [0.15, 0.2) is 5.82 Å². The van der Waals surface area contributed by atoms with Crippen molar-refractivity contribution in [3.8, 4) is 0 Å². The molecular weight excluding hydrogens is 324 g/mol. The summed E-state index contributed by atoms with van der Waals surface area (Å²) in [5.74, 6) is -0.474. The molecule has 25 heavy (non-hydrogen) atoms. The zero-order valence-electron chi connectivity index (χ0n) is 13.9. The van der Waals surface area contributed by atoms with E-state index in [-0.39, 0.29) is 12.1 Å². The molecule has 0 unspecified atom stereocenters. The second-order valence-corrected chi connectivity index (χ2v) is 6.49. The lowest BCUT2D eigenvalue weighted by molar-refractivity contribution is 0.235. The molecule has 0 atom stereocenters. The predicted octanol–water partition coefficient (Wildman–Crippen LogP) is 2.68. The molecular formula is C18H19F2N5. The van der Waals surface area contributed by atoms with E-state index in [0.717, 1.165) is 67.4 Å². The summed E-state index contributed by atoms with van der Waals surface area (Å²) >= 11 is 0. The number of aromatic nitrogens is 3. The van der Waals surface area contributed by atoms with Crippen molar-refractivity contribution in [1.82, 2.24) is 19.9 Å². The lowest BCUT2D eigenvalue weighted by Crippen LogP contribution is -2.32. The van der Waals surface area contributed by atoms with Crippen LogP contribution in [-0.2, 0) is 19.5 Å². The number of fused-ring (bicyclic) bond motifs is 1. The third-order valence-corrected chi connectivity index (χ3v) is 4.73. The fourth-order valence-electron chi connectivity index (χ4n) is 3.34. The first-order valence-electron chi connectivity index (χ1n) is 8.59. The molecule has 0 saturated carbocycles. The van der Waals surface area contributed by atoms with Crippen LogP contribution in [-0.4, -0.2) is 38.7 Å². The van der Waals surface area contributed by atoms with E-state index in [1.54, 1.807) is 0 Å². The van der Waals surface area contributed by atoms with E-state index in [4.69, 9.17) is 0 Å². The predicted molar refractivity (Wildman–Crippen MR) is 89.3 cm³/mol. The maximum Gasteiger partial charge on any atom is 0.173 e. The summed E-state index contributed by atoms with van der Waals surface area (Å²) in [5, 5.41) is 0. The lowest BCUT2D eigenvalue weighted by Gasteiger charge is -2.28. The van der Waals surface area contributed by atoms with Crippen LogP contribution in [0, 0.1) is 11.6 Å². The molecule has 0 spiro atoms. The minimum absolute atomic E-state index is 0.0625. The number of rotatable bonds is 3. The molecule has 2 aliphatic rings. The summed E-state index contributed by atoms with van der Waals surface area (Å²) in [5.41, 5.74) is 3.09. The molecule has 0 fully saturated rings.